The molecule has 7 heteroatoms. The molecule has 0 aliphatic carbocycles. The maximum atomic E-state index is 12.4. The molecule has 0 radical (unpaired) electrons. The predicted octanol–water partition coefficient (Wildman–Crippen LogP) is 2.11. The number of likely N-dealkylation sites (tertiary alicyclic amines) is 1. The first-order valence-electron chi connectivity index (χ1n) is 9.43. The molecule has 0 saturated carbocycles. The van der Waals surface area contributed by atoms with E-state index in [-0.39, 0.29) is 18.0 Å². The van der Waals surface area contributed by atoms with Crippen LogP contribution in [0.5, 0.6) is 0 Å². The van der Waals surface area contributed by atoms with Crippen LogP contribution in [0, 0.1) is 12.8 Å². The summed E-state index contributed by atoms with van der Waals surface area (Å²) in [5, 5.41) is 8.20. The predicted molar refractivity (Wildman–Crippen MR) is 100 cm³/mol. The Morgan fingerprint density at radius 1 is 1.38 bits per heavy atom. The van der Waals surface area contributed by atoms with E-state index in [2.05, 4.69) is 35.3 Å². The van der Waals surface area contributed by atoms with Crippen molar-refractivity contribution < 1.29 is 4.79 Å². The average Bonchev–Trinajstić information content (AvgIpc) is 3.18. The number of nitrogens with zero attached hydrogens (tertiary/aromatic N) is 5. The van der Waals surface area contributed by atoms with Crippen molar-refractivity contribution in [1.82, 2.24) is 29.5 Å². The highest BCUT2D eigenvalue weighted by Crippen LogP contribution is 2.35. The van der Waals surface area contributed by atoms with Crippen LogP contribution in [-0.4, -0.2) is 43.2 Å². The molecule has 0 spiro atoms. The van der Waals surface area contributed by atoms with Gasteiger partial charge in [0.25, 0.3) is 0 Å². The molecule has 1 N–H and O–H groups in total. The van der Waals surface area contributed by atoms with Gasteiger partial charge in [0, 0.05) is 57.7 Å². The minimum Gasteiger partial charge on any atom is -0.336 e. The standard InChI is InChI=1S/C19H30N6O/c1-6-25-17(26)8-7-15(18(25)19-20-9-10-23(19)4)12-21-14(3)16-11-13(2)24(5)22-16/h9-11,14-15,18,21H,6-8,12H2,1-5H3/t14?,15-,18+/m1/s1. The second kappa shape index (κ2) is 7.61. The number of nitrogens with one attached hydrogen (secondary N) is 1. The second-order valence-corrected chi connectivity index (χ2v) is 7.28. The van der Waals surface area contributed by atoms with Crippen LogP contribution >= 0.6 is 0 Å². The molecule has 1 unspecified atom stereocenters. The third-order valence-electron chi connectivity index (χ3n) is 5.56. The summed E-state index contributed by atoms with van der Waals surface area (Å²) < 4.78 is 3.94. The van der Waals surface area contributed by atoms with Crippen molar-refractivity contribution in [2.45, 2.75) is 45.7 Å². The first-order chi connectivity index (χ1) is 12.4. The minimum absolute atomic E-state index is 0.0198. The lowest BCUT2D eigenvalue weighted by molar-refractivity contribution is -0.139. The highest BCUT2D eigenvalue weighted by Gasteiger charge is 2.38. The van der Waals surface area contributed by atoms with Crippen molar-refractivity contribution in [3.8, 4) is 0 Å². The van der Waals surface area contributed by atoms with Crippen LogP contribution in [0.4, 0.5) is 0 Å². The van der Waals surface area contributed by atoms with Crippen molar-refractivity contribution in [2.24, 2.45) is 20.0 Å². The Labute approximate surface area is 155 Å². The minimum atomic E-state index is 0.0198. The quantitative estimate of drug-likeness (QED) is 0.859. The molecule has 26 heavy (non-hydrogen) atoms. The zero-order valence-corrected chi connectivity index (χ0v) is 16.4. The Bertz CT molecular complexity index is 744. The summed E-state index contributed by atoms with van der Waals surface area (Å²) in [6.07, 6.45) is 5.25. The maximum Gasteiger partial charge on any atom is 0.223 e. The monoisotopic (exact) mass is 358 g/mol. The van der Waals surface area contributed by atoms with E-state index in [9.17, 15) is 4.79 Å². The lowest BCUT2D eigenvalue weighted by Crippen LogP contribution is -2.46. The van der Waals surface area contributed by atoms with Gasteiger partial charge in [0.05, 0.1) is 11.7 Å². The van der Waals surface area contributed by atoms with Gasteiger partial charge in [-0.05, 0) is 39.2 Å². The summed E-state index contributed by atoms with van der Waals surface area (Å²) in [5.41, 5.74) is 2.21. The topological polar surface area (TPSA) is 68.0 Å². The number of carbonyl (C=O) groups is 1. The smallest absolute Gasteiger partial charge is 0.223 e. The van der Waals surface area contributed by atoms with E-state index < -0.39 is 0 Å². The van der Waals surface area contributed by atoms with E-state index in [0.29, 0.717) is 18.9 Å². The Balaban J connectivity index is 1.76. The third-order valence-corrected chi connectivity index (χ3v) is 5.56. The Morgan fingerprint density at radius 2 is 2.15 bits per heavy atom. The van der Waals surface area contributed by atoms with E-state index in [1.165, 1.54) is 0 Å². The molecular formula is C19H30N6O. The molecule has 1 aliphatic heterocycles. The molecule has 1 fully saturated rings. The molecule has 2 aromatic rings. The number of amides is 1. The lowest BCUT2D eigenvalue weighted by atomic mass is 9.87. The largest absolute Gasteiger partial charge is 0.336 e. The summed E-state index contributed by atoms with van der Waals surface area (Å²) in [6, 6.07) is 2.31. The van der Waals surface area contributed by atoms with Crippen molar-refractivity contribution in [3.63, 3.8) is 0 Å². The van der Waals surface area contributed by atoms with Gasteiger partial charge in [-0.15, -0.1) is 0 Å². The zero-order valence-electron chi connectivity index (χ0n) is 16.4. The fourth-order valence-corrected chi connectivity index (χ4v) is 3.85. The number of piperidine rings is 1. The summed E-state index contributed by atoms with van der Waals surface area (Å²) in [4.78, 5) is 19.0. The summed E-state index contributed by atoms with van der Waals surface area (Å²) in [6.45, 7) is 7.79. The maximum absolute atomic E-state index is 12.4. The van der Waals surface area contributed by atoms with Crippen molar-refractivity contribution in [3.05, 3.63) is 35.7 Å². The average molecular weight is 358 g/mol. The number of hydrogen-bond donors (Lipinski definition) is 1. The normalized spacial score (nSPS) is 22.0. The Kier molecular flexibility index (Phi) is 5.46. The highest BCUT2D eigenvalue weighted by molar-refractivity contribution is 5.77. The number of aryl methyl sites for hydroxylation is 3. The fourth-order valence-electron chi connectivity index (χ4n) is 3.85. The molecule has 0 bridgehead atoms. The molecule has 0 aromatic carbocycles. The van der Waals surface area contributed by atoms with Crippen LogP contribution in [-0.2, 0) is 18.9 Å². The molecule has 3 rings (SSSR count). The van der Waals surface area contributed by atoms with Gasteiger partial charge < -0.3 is 14.8 Å². The van der Waals surface area contributed by atoms with Crippen LogP contribution in [0.2, 0.25) is 0 Å². The summed E-state index contributed by atoms with van der Waals surface area (Å²) in [7, 11) is 3.97. The molecule has 1 saturated heterocycles. The van der Waals surface area contributed by atoms with Crippen molar-refractivity contribution in [1.29, 1.82) is 0 Å². The summed E-state index contributed by atoms with van der Waals surface area (Å²) in [5.74, 6) is 1.53. The molecule has 142 valence electrons. The highest BCUT2D eigenvalue weighted by atomic mass is 16.2. The van der Waals surface area contributed by atoms with Gasteiger partial charge in [-0.3, -0.25) is 9.48 Å². The number of rotatable bonds is 6. The second-order valence-electron chi connectivity index (χ2n) is 7.28. The van der Waals surface area contributed by atoms with E-state index in [4.69, 9.17) is 0 Å². The molecule has 1 amide bonds. The SMILES string of the molecule is CCN1C(=O)CC[C@H](CNC(C)c2cc(C)n(C)n2)[C@H]1c1nccn1C. The van der Waals surface area contributed by atoms with Gasteiger partial charge in [0.1, 0.15) is 5.82 Å². The van der Waals surface area contributed by atoms with Crippen LogP contribution in [0.15, 0.2) is 18.5 Å². The molecule has 2 aromatic heterocycles. The van der Waals surface area contributed by atoms with Gasteiger partial charge in [-0.25, -0.2) is 4.98 Å². The first-order valence-corrected chi connectivity index (χ1v) is 9.43. The van der Waals surface area contributed by atoms with Crippen molar-refractivity contribution in [2.75, 3.05) is 13.1 Å². The first kappa shape index (κ1) is 18.6. The van der Waals surface area contributed by atoms with Gasteiger partial charge in [0.2, 0.25) is 5.91 Å². The van der Waals surface area contributed by atoms with Gasteiger partial charge in [0.15, 0.2) is 0 Å². The van der Waals surface area contributed by atoms with Gasteiger partial charge >= 0.3 is 0 Å². The van der Waals surface area contributed by atoms with Crippen LogP contribution in [0.3, 0.4) is 0 Å². The van der Waals surface area contributed by atoms with Crippen LogP contribution < -0.4 is 5.32 Å². The van der Waals surface area contributed by atoms with Crippen LogP contribution in [0.1, 0.15) is 56.0 Å². The van der Waals surface area contributed by atoms with Crippen molar-refractivity contribution >= 4 is 5.91 Å². The molecule has 7 nitrogen and oxygen atoms in total. The van der Waals surface area contributed by atoms with E-state index in [1.807, 2.05) is 47.6 Å². The number of carbonyl (C=O) groups excluding carboxylic acids is 1. The Morgan fingerprint density at radius 3 is 2.73 bits per heavy atom. The van der Waals surface area contributed by atoms with E-state index in [0.717, 1.165) is 30.2 Å². The third kappa shape index (κ3) is 3.53. The number of hydrogen-bond acceptors (Lipinski definition) is 4. The summed E-state index contributed by atoms with van der Waals surface area (Å²) >= 11 is 0. The van der Waals surface area contributed by atoms with E-state index >= 15 is 0 Å². The van der Waals surface area contributed by atoms with Gasteiger partial charge in [-0.2, -0.15) is 5.10 Å². The zero-order chi connectivity index (χ0) is 18.8. The fraction of sp³-hybridized carbons (Fsp3) is 0.632. The molecule has 3 atom stereocenters. The molecule has 3 heterocycles. The van der Waals surface area contributed by atoms with E-state index in [1.54, 1.807) is 0 Å². The molecule has 1 aliphatic rings. The Hall–Kier alpha value is -2.15. The van der Waals surface area contributed by atoms with Crippen LogP contribution in [0.25, 0.3) is 0 Å². The van der Waals surface area contributed by atoms with Gasteiger partial charge in [-0.1, -0.05) is 0 Å². The number of imidazole rings is 1. The lowest BCUT2D eigenvalue weighted by Gasteiger charge is -2.40. The molecular weight excluding hydrogens is 328 g/mol. The number of aromatic nitrogens is 4.